The quantitative estimate of drug-likeness (QED) is 0.145. The van der Waals surface area contributed by atoms with Crippen molar-refractivity contribution in [3.05, 3.63) is 130 Å². The zero-order chi connectivity index (χ0) is 36.0. The molecule has 260 valence electrons. The van der Waals surface area contributed by atoms with Crippen LogP contribution in [0.1, 0.15) is 98.5 Å². The number of aromatic nitrogens is 4. The SMILES string of the molecule is CCCCc1ccnc(-n2c3ccccc3c3ccc(Oc4cc(C(C)C)cc(-n5nc(C)c(-c6c(C)cc(C(C)C)cc6C)c5C)c4)cc32)c1. The molecule has 5 nitrogen and oxygen atoms in total. The molecule has 0 aliphatic rings. The molecule has 0 atom stereocenters. The predicted octanol–water partition coefficient (Wildman–Crippen LogP) is 12.6. The van der Waals surface area contributed by atoms with E-state index in [4.69, 9.17) is 14.8 Å². The third-order valence-electron chi connectivity index (χ3n) is 10.3. The number of unbranched alkanes of at least 4 members (excludes halogenated alkanes) is 1. The molecule has 4 aromatic carbocycles. The number of hydrogen-bond acceptors (Lipinski definition) is 3. The van der Waals surface area contributed by atoms with E-state index in [2.05, 4.69) is 156 Å². The van der Waals surface area contributed by atoms with E-state index >= 15 is 0 Å². The van der Waals surface area contributed by atoms with Crippen molar-refractivity contribution in [3.8, 4) is 34.1 Å². The second-order valence-electron chi connectivity index (χ2n) is 14.8. The molecule has 3 aromatic heterocycles. The van der Waals surface area contributed by atoms with E-state index in [1.165, 1.54) is 56.1 Å². The molecule has 0 unspecified atom stereocenters. The van der Waals surface area contributed by atoms with Crippen molar-refractivity contribution >= 4 is 21.8 Å². The molecule has 0 aliphatic heterocycles. The Morgan fingerprint density at radius 3 is 2.12 bits per heavy atom. The number of fused-ring (bicyclic) bond motifs is 3. The summed E-state index contributed by atoms with van der Waals surface area (Å²) in [6.07, 6.45) is 5.32. The predicted molar refractivity (Wildman–Crippen MR) is 213 cm³/mol. The van der Waals surface area contributed by atoms with Gasteiger partial charge in [0.1, 0.15) is 17.3 Å². The maximum atomic E-state index is 6.76. The van der Waals surface area contributed by atoms with E-state index < -0.39 is 0 Å². The van der Waals surface area contributed by atoms with Crippen LogP contribution in [0.25, 0.3) is 44.4 Å². The van der Waals surface area contributed by atoms with Gasteiger partial charge < -0.3 is 4.74 Å². The number of aryl methyl sites for hydroxylation is 4. The number of ether oxygens (including phenoxy) is 1. The van der Waals surface area contributed by atoms with Gasteiger partial charge in [0, 0.05) is 40.4 Å². The van der Waals surface area contributed by atoms with E-state index in [9.17, 15) is 0 Å². The molecule has 0 N–H and O–H groups in total. The van der Waals surface area contributed by atoms with Gasteiger partial charge in [-0.3, -0.25) is 4.57 Å². The lowest BCUT2D eigenvalue weighted by Gasteiger charge is -2.16. The highest BCUT2D eigenvalue weighted by atomic mass is 16.5. The van der Waals surface area contributed by atoms with Crippen LogP contribution in [0.4, 0.5) is 0 Å². The Labute approximate surface area is 302 Å². The van der Waals surface area contributed by atoms with Gasteiger partial charge in [0.15, 0.2) is 0 Å². The average molecular weight is 675 g/mol. The van der Waals surface area contributed by atoms with Crippen molar-refractivity contribution < 1.29 is 4.74 Å². The summed E-state index contributed by atoms with van der Waals surface area (Å²) in [7, 11) is 0. The van der Waals surface area contributed by atoms with Crippen LogP contribution in [-0.2, 0) is 6.42 Å². The van der Waals surface area contributed by atoms with Crippen molar-refractivity contribution in [1.82, 2.24) is 19.3 Å². The lowest BCUT2D eigenvalue weighted by Crippen LogP contribution is -2.02. The molecule has 0 saturated carbocycles. The summed E-state index contributed by atoms with van der Waals surface area (Å²) in [6.45, 7) is 20.0. The van der Waals surface area contributed by atoms with Crippen molar-refractivity contribution in [2.45, 2.75) is 93.4 Å². The van der Waals surface area contributed by atoms with Gasteiger partial charge >= 0.3 is 0 Å². The monoisotopic (exact) mass is 674 g/mol. The highest BCUT2D eigenvalue weighted by Gasteiger charge is 2.21. The summed E-state index contributed by atoms with van der Waals surface area (Å²) < 4.78 is 11.1. The summed E-state index contributed by atoms with van der Waals surface area (Å²) in [5, 5.41) is 7.51. The molecular weight excluding hydrogens is 625 g/mol. The van der Waals surface area contributed by atoms with Crippen LogP contribution < -0.4 is 4.74 Å². The van der Waals surface area contributed by atoms with E-state index in [1.807, 2.05) is 6.20 Å². The second-order valence-corrected chi connectivity index (χ2v) is 14.8. The van der Waals surface area contributed by atoms with Crippen molar-refractivity contribution in [1.29, 1.82) is 0 Å². The van der Waals surface area contributed by atoms with Gasteiger partial charge in [-0.25, -0.2) is 9.67 Å². The molecule has 5 heteroatoms. The highest BCUT2D eigenvalue weighted by Crippen LogP contribution is 2.39. The first-order valence-electron chi connectivity index (χ1n) is 18.5. The molecule has 51 heavy (non-hydrogen) atoms. The third-order valence-corrected chi connectivity index (χ3v) is 10.3. The molecule has 0 radical (unpaired) electrons. The van der Waals surface area contributed by atoms with E-state index in [0.717, 1.165) is 58.3 Å². The van der Waals surface area contributed by atoms with Crippen LogP contribution in [0.5, 0.6) is 11.5 Å². The Morgan fingerprint density at radius 2 is 1.39 bits per heavy atom. The maximum Gasteiger partial charge on any atom is 0.137 e. The zero-order valence-electron chi connectivity index (χ0n) is 31.6. The molecule has 3 heterocycles. The van der Waals surface area contributed by atoms with Crippen molar-refractivity contribution in [3.63, 3.8) is 0 Å². The highest BCUT2D eigenvalue weighted by molar-refractivity contribution is 6.09. The first-order chi connectivity index (χ1) is 24.5. The third kappa shape index (κ3) is 6.46. The minimum atomic E-state index is 0.313. The van der Waals surface area contributed by atoms with E-state index in [-0.39, 0.29) is 0 Å². The summed E-state index contributed by atoms with van der Waals surface area (Å²) in [5.74, 6) is 3.31. The number of hydrogen-bond donors (Lipinski definition) is 0. The fourth-order valence-corrected chi connectivity index (χ4v) is 7.62. The Morgan fingerprint density at radius 1 is 0.686 bits per heavy atom. The summed E-state index contributed by atoms with van der Waals surface area (Å²) >= 11 is 0. The molecule has 7 aromatic rings. The number of para-hydroxylation sites is 1. The maximum absolute atomic E-state index is 6.76. The minimum absolute atomic E-state index is 0.313. The summed E-state index contributed by atoms with van der Waals surface area (Å²) in [6, 6.07) is 30.6. The van der Waals surface area contributed by atoms with Crippen LogP contribution >= 0.6 is 0 Å². The van der Waals surface area contributed by atoms with Gasteiger partial charge in [0.2, 0.25) is 0 Å². The fourth-order valence-electron chi connectivity index (χ4n) is 7.62. The smallest absolute Gasteiger partial charge is 0.137 e. The van der Waals surface area contributed by atoms with Crippen molar-refractivity contribution in [2.75, 3.05) is 0 Å². The van der Waals surface area contributed by atoms with E-state index in [1.54, 1.807) is 0 Å². The van der Waals surface area contributed by atoms with E-state index in [0.29, 0.717) is 11.8 Å². The van der Waals surface area contributed by atoms with Gasteiger partial charge in [-0.1, -0.05) is 71.4 Å². The molecule has 0 spiro atoms. The van der Waals surface area contributed by atoms with Gasteiger partial charge in [-0.15, -0.1) is 0 Å². The Balaban J connectivity index is 1.31. The van der Waals surface area contributed by atoms with Gasteiger partial charge in [0.05, 0.1) is 22.4 Å². The molecule has 0 aliphatic carbocycles. The van der Waals surface area contributed by atoms with Gasteiger partial charge in [-0.05, 0) is 128 Å². The Kier molecular flexibility index (Phi) is 9.32. The molecule has 0 saturated heterocycles. The summed E-state index contributed by atoms with van der Waals surface area (Å²) in [5.41, 5.74) is 14.3. The van der Waals surface area contributed by atoms with Crippen molar-refractivity contribution in [2.24, 2.45) is 0 Å². The first kappa shape index (κ1) is 34.3. The normalized spacial score (nSPS) is 11.8. The standard InChI is InChI=1S/C46H50N4O/c1-10-11-14-34-19-20-47-44(23-34)49-42-16-13-12-15-40(42)41-18-17-38(27-43(41)49)51-39-25-36(29(4)5)24-37(26-39)50-33(9)46(32(8)48-50)45-30(6)21-35(28(2)3)22-31(45)7/h12-13,15-29H,10-11,14H2,1-9H3. The number of benzene rings is 4. The van der Waals surface area contributed by atoms with Gasteiger partial charge in [-0.2, -0.15) is 5.10 Å². The van der Waals surface area contributed by atoms with Crippen LogP contribution in [-0.4, -0.2) is 19.3 Å². The second kappa shape index (κ2) is 13.9. The Hall–Kier alpha value is -5.16. The lowest BCUT2D eigenvalue weighted by atomic mass is 9.89. The average Bonchev–Trinajstić information content (AvgIpc) is 3.59. The molecule has 0 bridgehead atoms. The number of nitrogens with zero attached hydrogens (tertiary/aromatic N) is 4. The van der Waals surface area contributed by atoms with Crippen LogP contribution in [0.2, 0.25) is 0 Å². The molecule has 7 rings (SSSR count). The minimum Gasteiger partial charge on any atom is -0.457 e. The molecule has 0 amide bonds. The van der Waals surface area contributed by atoms with Crippen LogP contribution in [0.15, 0.2) is 91.1 Å². The van der Waals surface area contributed by atoms with Crippen LogP contribution in [0.3, 0.4) is 0 Å². The number of rotatable bonds is 10. The Bertz CT molecular complexity index is 2370. The fraction of sp³-hybridized carbons (Fsp3) is 0.304. The first-order valence-corrected chi connectivity index (χ1v) is 18.5. The van der Waals surface area contributed by atoms with Gasteiger partial charge in [0.25, 0.3) is 0 Å². The topological polar surface area (TPSA) is 44.9 Å². The molecular formula is C46H50N4O. The number of pyridine rings is 1. The summed E-state index contributed by atoms with van der Waals surface area (Å²) in [4.78, 5) is 4.85. The lowest BCUT2D eigenvalue weighted by molar-refractivity contribution is 0.481. The zero-order valence-corrected chi connectivity index (χ0v) is 31.6. The molecule has 0 fully saturated rings. The van der Waals surface area contributed by atoms with Crippen LogP contribution in [0, 0.1) is 27.7 Å². The largest absolute Gasteiger partial charge is 0.457 e.